The van der Waals surface area contributed by atoms with Crippen molar-refractivity contribution in [3.8, 4) is 0 Å². The Bertz CT molecular complexity index is 1310. The quantitative estimate of drug-likeness (QED) is 0.452. The van der Waals surface area contributed by atoms with Gasteiger partial charge in [-0.25, -0.2) is 13.2 Å². The molecule has 7 nitrogen and oxygen atoms in total. The first-order valence-electron chi connectivity index (χ1n) is 10.6. The highest BCUT2D eigenvalue weighted by molar-refractivity contribution is 7.92. The average molecular weight is 501 g/mol. The number of anilines is 1. The number of nitrogens with zero attached hydrogens (tertiary/aromatic N) is 1. The van der Waals surface area contributed by atoms with Gasteiger partial charge in [0.15, 0.2) is 0 Å². The van der Waals surface area contributed by atoms with Gasteiger partial charge < -0.3 is 10.4 Å². The summed E-state index contributed by atoms with van der Waals surface area (Å²) in [7, 11) is -4.08. The largest absolute Gasteiger partial charge is 0.478 e. The average Bonchev–Trinajstić information content (AvgIpc) is 2.81. The maximum atomic E-state index is 13.6. The van der Waals surface area contributed by atoms with Crippen molar-refractivity contribution in [3.63, 3.8) is 0 Å². The van der Waals surface area contributed by atoms with E-state index in [0.717, 1.165) is 9.87 Å². The van der Waals surface area contributed by atoms with Crippen LogP contribution in [0.25, 0.3) is 0 Å². The molecule has 0 heterocycles. The maximum absolute atomic E-state index is 13.6. The van der Waals surface area contributed by atoms with Crippen LogP contribution in [-0.2, 0) is 27.8 Å². The maximum Gasteiger partial charge on any atom is 0.335 e. The summed E-state index contributed by atoms with van der Waals surface area (Å²) >= 11 is 6.34. The number of carboxylic acid groups (broad SMARTS) is 1. The number of benzene rings is 3. The molecule has 3 aromatic carbocycles. The lowest BCUT2D eigenvalue weighted by Crippen LogP contribution is -2.41. The van der Waals surface area contributed by atoms with Crippen LogP contribution in [0, 0.1) is 6.92 Å². The number of amides is 1. The Morgan fingerprint density at radius 3 is 2.35 bits per heavy atom. The molecule has 0 saturated carbocycles. The van der Waals surface area contributed by atoms with E-state index in [0.29, 0.717) is 28.3 Å². The second-order valence-electron chi connectivity index (χ2n) is 7.70. The molecule has 0 spiro atoms. The predicted octanol–water partition coefficient (Wildman–Crippen LogP) is 4.42. The summed E-state index contributed by atoms with van der Waals surface area (Å²) in [4.78, 5) is 24.1. The number of aromatic carboxylic acids is 1. The fourth-order valence-electron chi connectivity index (χ4n) is 3.47. The zero-order valence-electron chi connectivity index (χ0n) is 18.8. The molecule has 1 amide bonds. The van der Waals surface area contributed by atoms with Gasteiger partial charge in [0.1, 0.15) is 6.54 Å². The number of rotatable bonds is 9. The summed E-state index contributed by atoms with van der Waals surface area (Å²) in [5, 5.41) is 12.2. The van der Waals surface area contributed by atoms with Crippen molar-refractivity contribution in [2.45, 2.75) is 31.7 Å². The van der Waals surface area contributed by atoms with Crippen LogP contribution in [0.15, 0.2) is 71.6 Å². The second-order valence-corrected chi connectivity index (χ2v) is 9.97. The van der Waals surface area contributed by atoms with E-state index in [1.807, 2.05) is 13.8 Å². The van der Waals surface area contributed by atoms with Gasteiger partial charge in [0.05, 0.1) is 16.1 Å². The highest BCUT2D eigenvalue weighted by Gasteiger charge is 2.29. The third-order valence-electron chi connectivity index (χ3n) is 5.28. The summed E-state index contributed by atoms with van der Waals surface area (Å²) in [5.41, 5.74) is 2.53. The summed E-state index contributed by atoms with van der Waals surface area (Å²) in [6, 6.07) is 17.5. The number of sulfonamides is 1. The normalized spacial score (nSPS) is 11.1. The molecule has 0 atom stereocenters. The Balaban J connectivity index is 1.92. The van der Waals surface area contributed by atoms with Crippen molar-refractivity contribution in [3.05, 3.63) is 94.0 Å². The third kappa shape index (κ3) is 5.76. The van der Waals surface area contributed by atoms with Crippen LogP contribution in [0.1, 0.15) is 34.0 Å². The number of aryl methyl sites for hydroxylation is 1. The van der Waals surface area contributed by atoms with Crippen molar-refractivity contribution in [2.24, 2.45) is 0 Å². The van der Waals surface area contributed by atoms with E-state index in [1.165, 1.54) is 24.3 Å². The minimum atomic E-state index is -4.08. The van der Waals surface area contributed by atoms with Crippen LogP contribution in [0.5, 0.6) is 0 Å². The van der Waals surface area contributed by atoms with Gasteiger partial charge in [-0.1, -0.05) is 54.4 Å². The number of carboxylic acids is 1. The van der Waals surface area contributed by atoms with E-state index in [4.69, 9.17) is 16.7 Å². The molecular weight excluding hydrogens is 476 g/mol. The number of nitrogens with one attached hydrogen (secondary N) is 1. The van der Waals surface area contributed by atoms with E-state index < -0.39 is 28.4 Å². The van der Waals surface area contributed by atoms with Gasteiger partial charge in [0.25, 0.3) is 10.0 Å². The van der Waals surface area contributed by atoms with Gasteiger partial charge in [0.2, 0.25) is 5.91 Å². The zero-order valence-corrected chi connectivity index (χ0v) is 20.4. The van der Waals surface area contributed by atoms with Crippen LogP contribution < -0.4 is 9.62 Å². The molecule has 0 aliphatic rings. The predicted molar refractivity (Wildman–Crippen MR) is 132 cm³/mol. The fraction of sp³-hybridized carbons (Fsp3) is 0.200. The van der Waals surface area contributed by atoms with Crippen molar-refractivity contribution in [1.29, 1.82) is 0 Å². The Kier molecular flexibility index (Phi) is 7.96. The molecule has 3 rings (SSSR count). The van der Waals surface area contributed by atoms with Crippen LogP contribution in [0.2, 0.25) is 5.02 Å². The second kappa shape index (κ2) is 10.7. The molecule has 0 unspecified atom stereocenters. The minimum absolute atomic E-state index is 0.0502. The highest BCUT2D eigenvalue weighted by atomic mass is 35.5. The molecule has 0 radical (unpaired) electrons. The molecule has 3 aromatic rings. The molecule has 2 N–H and O–H groups in total. The Labute approximate surface area is 204 Å². The zero-order chi connectivity index (χ0) is 24.9. The first-order chi connectivity index (χ1) is 16.1. The summed E-state index contributed by atoms with van der Waals surface area (Å²) in [5.74, 6) is -1.62. The van der Waals surface area contributed by atoms with E-state index in [1.54, 1.807) is 42.5 Å². The van der Waals surface area contributed by atoms with Crippen LogP contribution in [0.3, 0.4) is 0 Å². The number of carbonyl (C=O) groups excluding carboxylic acids is 1. The first-order valence-corrected chi connectivity index (χ1v) is 12.4. The van der Waals surface area contributed by atoms with Gasteiger partial charge in [0, 0.05) is 11.6 Å². The van der Waals surface area contributed by atoms with Crippen LogP contribution in [-0.4, -0.2) is 31.9 Å². The molecule has 34 heavy (non-hydrogen) atoms. The van der Waals surface area contributed by atoms with E-state index in [9.17, 15) is 18.0 Å². The van der Waals surface area contributed by atoms with Gasteiger partial charge in [-0.05, 0) is 60.9 Å². The Morgan fingerprint density at radius 2 is 1.71 bits per heavy atom. The van der Waals surface area contributed by atoms with Crippen molar-refractivity contribution < 1.29 is 23.1 Å². The van der Waals surface area contributed by atoms with Crippen LogP contribution >= 0.6 is 11.6 Å². The smallest absolute Gasteiger partial charge is 0.335 e. The minimum Gasteiger partial charge on any atom is -0.478 e. The molecule has 0 aromatic heterocycles. The molecule has 0 fully saturated rings. The third-order valence-corrected chi connectivity index (χ3v) is 7.40. The summed E-state index contributed by atoms with van der Waals surface area (Å²) < 4.78 is 28.2. The topological polar surface area (TPSA) is 104 Å². The Hall–Kier alpha value is -3.36. The molecule has 0 aliphatic heterocycles. The van der Waals surface area contributed by atoms with Crippen molar-refractivity contribution in [1.82, 2.24) is 5.32 Å². The monoisotopic (exact) mass is 500 g/mol. The van der Waals surface area contributed by atoms with Crippen LogP contribution in [0.4, 0.5) is 5.69 Å². The van der Waals surface area contributed by atoms with E-state index in [-0.39, 0.29) is 17.0 Å². The molecule has 0 saturated heterocycles. The number of hydrogen-bond acceptors (Lipinski definition) is 4. The summed E-state index contributed by atoms with van der Waals surface area (Å²) in [6.07, 6.45) is 0.471. The van der Waals surface area contributed by atoms with Gasteiger partial charge >= 0.3 is 5.97 Å². The van der Waals surface area contributed by atoms with E-state index in [2.05, 4.69) is 5.32 Å². The lowest BCUT2D eigenvalue weighted by atomic mass is 10.1. The molecule has 178 valence electrons. The molecular formula is C25H25ClN2O5S. The molecule has 9 heteroatoms. The van der Waals surface area contributed by atoms with E-state index >= 15 is 0 Å². The number of halogens is 1. The Morgan fingerprint density at radius 1 is 1.03 bits per heavy atom. The van der Waals surface area contributed by atoms with Gasteiger partial charge in [-0.3, -0.25) is 9.10 Å². The van der Waals surface area contributed by atoms with Crippen molar-refractivity contribution >= 4 is 39.2 Å². The van der Waals surface area contributed by atoms with Gasteiger partial charge in [-0.15, -0.1) is 0 Å². The SMILES string of the molecule is CCc1c(Cl)cccc1N(CC(=O)NCc1cccc(C(=O)O)c1)S(=O)(=O)c1ccc(C)cc1. The lowest BCUT2D eigenvalue weighted by molar-refractivity contribution is -0.119. The first kappa shape index (κ1) is 25.3. The lowest BCUT2D eigenvalue weighted by Gasteiger charge is -2.26. The number of hydrogen-bond donors (Lipinski definition) is 2. The molecule has 0 bridgehead atoms. The highest BCUT2D eigenvalue weighted by Crippen LogP contribution is 2.32. The molecule has 0 aliphatic carbocycles. The van der Waals surface area contributed by atoms with Gasteiger partial charge in [-0.2, -0.15) is 0 Å². The summed E-state index contributed by atoms with van der Waals surface area (Å²) in [6.45, 7) is 3.29. The van der Waals surface area contributed by atoms with Crippen molar-refractivity contribution in [2.75, 3.05) is 10.8 Å². The number of carbonyl (C=O) groups is 2. The fourth-order valence-corrected chi connectivity index (χ4v) is 5.22. The standard InChI is InChI=1S/C25H25ClN2O5S/c1-3-21-22(26)8-5-9-23(21)28(34(32,33)20-12-10-17(2)11-13-20)16-24(29)27-15-18-6-4-7-19(14-18)25(30)31/h4-14H,3,15-16H2,1-2H3,(H,27,29)(H,30,31).